The summed E-state index contributed by atoms with van der Waals surface area (Å²) in [5, 5.41) is 2.93. The Labute approximate surface area is 149 Å². The van der Waals surface area contributed by atoms with Gasteiger partial charge in [0.1, 0.15) is 11.3 Å². The highest BCUT2D eigenvalue weighted by molar-refractivity contribution is 6.07. The fraction of sp³-hybridized carbons (Fsp3) is 0.579. The first kappa shape index (κ1) is 17.7. The summed E-state index contributed by atoms with van der Waals surface area (Å²) in [6.45, 7) is 1.95. The van der Waals surface area contributed by atoms with Crippen molar-refractivity contribution >= 4 is 11.9 Å². The van der Waals surface area contributed by atoms with Crippen LogP contribution in [0, 0.1) is 0 Å². The zero-order valence-corrected chi connectivity index (χ0v) is 15.1. The average Bonchev–Trinajstić information content (AvgIpc) is 3.17. The Kier molecular flexibility index (Phi) is 5.27. The number of hydrogen-bond donors (Lipinski definition) is 1. The van der Waals surface area contributed by atoms with Gasteiger partial charge in [-0.2, -0.15) is 0 Å². The van der Waals surface area contributed by atoms with Crippen molar-refractivity contribution < 1.29 is 14.3 Å². The third-order valence-corrected chi connectivity index (χ3v) is 5.36. The molecule has 0 unspecified atom stereocenters. The Balaban J connectivity index is 1.50. The van der Waals surface area contributed by atoms with Crippen LogP contribution >= 0.6 is 0 Å². The molecule has 1 aliphatic heterocycles. The van der Waals surface area contributed by atoms with Crippen molar-refractivity contribution in [3.05, 3.63) is 29.8 Å². The first-order valence-electron chi connectivity index (χ1n) is 9.00. The maximum Gasteiger partial charge on any atom is 0.325 e. The van der Waals surface area contributed by atoms with Crippen molar-refractivity contribution in [3.63, 3.8) is 0 Å². The van der Waals surface area contributed by atoms with E-state index in [-0.39, 0.29) is 11.9 Å². The number of ether oxygens (including phenoxy) is 1. The van der Waals surface area contributed by atoms with E-state index in [1.165, 1.54) is 4.90 Å². The third-order valence-electron chi connectivity index (χ3n) is 5.36. The lowest BCUT2D eigenvalue weighted by molar-refractivity contribution is -0.131. The van der Waals surface area contributed by atoms with E-state index >= 15 is 0 Å². The number of nitrogens with zero attached hydrogens (tertiary/aromatic N) is 2. The first-order valence-corrected chi connectivity index (χ1v) is 9.00. The van der Waals surface area contributed by atoms with Crippen LogP contribution in [0.25, 0.3) is 0 Å². The maximum absolute atomic E-state index is 12.6. The number of imide groups is 1. The predicted octanol–water partition coefficient (Wildman–Crippen LogP) is 2.03. The minimum atomic E-state index is -0.604. The zero-order chi connectivity index (χ0) is 17.9. The Bertz CT molecular complexity index is 641. The highest BCUT2D eigenvalue weighted by Gasteiger charge is 2.52. The van der Waals surface area contributed by atoms with Crippen molar-refractivity contribution in [1.82, 2.24) is 15.1 Å². The molecule has 136 valence electrons. The van der Waals surface area contributed by atoms with Crippen molar-refractivity contribution in [3.8, 4) is 5.75 Å². The molecule has 0 aromatic heterocycles. The van der Waals surface area contributed by atoms with Gasteiger partial charge in [0, 0.05) is 19.6 Å². The van der Waals surface area contributed by atoms with Gasteiger partial charge in [-0.05, 0) is 37.9 Å². The SMILES string of the molecule is COc1ccccc1CCN(C)CCN1C(=O)NC2(CCCC2)C1=O. The molecule has 3 amide bonds. The molecule has 1 heterocycles. The lowest BCUT2D eigenvalue weighted by Gasteiger charge is -2.22. The van der Waals surface area contributed by atoms with Gasteiger partial charge in [-0.25, -0.2) is 4.79 Å². The molecule has 2 aliphatic rings. The molecule has 1 saturated heterocycles. The molecule has 1 saturated carbocycles. The summed E-state index contributed by atoms with van der Waals surface area (Å²) >= 11 is 0. The van der Waals surface area contributed by atoms with E-state index in [1.54, 1.807) is 7.11 Å². The fourth-order valence-electron chi connectivity index (χ4n) is 3.80. The molecule has 6 nitrogen and oxygen atoms in total. The Hall–Kier alpha value is -2.08. The number of hydrogen-bond acceptors (Lipinski definition) is 4. The van der Waals surface area contributed by atoms with Crippen molar-refractivity contribution in [1.29, 1.82) is 0 Å². The molecule has 25 heavy (non-hydrogen) atoms. The highest BCUT2D eigenvalue weighted by Crippen LogP contribution is 2.34. The fourth-order valence-corrected chi connectivity index (χ4v) is 3.80. The maximum atomic E-state index is 12.6. The smallest absolute Gasteiger partial charge is 0.325 e. The molecule has 6 heteroatoms. The van der Waals surface area contributed by atoms with Crippen molar-refractivity contribution in [2.24, 2.45) is 0 Å². The van der Waals surface area contributed by atoms with Crippen LogP contribution in [-0.4, -0.2) is 61.1 Å². The average molecular weight is 345 g/mol. The Morgan fingerprint density at radius 2 is 1.92 bits per heavy atom. The van der Waals surface area contributed by atoms with E-state index in [9.17, 15) is 9.59 Å². The van der Waals surface area contributed by atoms with Gasteiger partial charge in [0.2, 0.25) is 0 Å². The summed E-state index contributed by atoms with van der Waals surface area (Å²) < 4.78 is 5.38. The summed E-state index contributed by atoms with van der Waals surface area (Å²) in [5.74, 6) is 0.862. The summed E-state index contributed by atoms with van der Waals surface area (Å²) in [5.41, 5.74) is 0.560. The van der Waals surface area contributed by atoms with E-state index in [4.69, 9.17) is 4.74 Å². The number of benzene rings is 1. The minimum Gasteiger partial charge on any atom is -0.496 e. The quantitative estimate of drug-likeness (QED) is 0.768. The van der Waals surface area contributed by atoms with Gasteiger partial charge < -0.3 is 15.0 Å². The number of rotatable bonds is 7. The number of urea groups is 1. The van der Waals surface area contributed by atoms with Gasteiger partial charge in [0.05, 0.1) is 7.11 Å². The van der Waals surface area contributed by atoms with E-state index in [2.05, 4.69) is 16.3 Å². The molecule has 1 aromatic carbocycles. The van der Waals surface area contributed by atoms with E-state index in [0.717, 1.165) is 50.0 Å². The van der Waals surface area contributed by atoms with Gasteiger partial charge in [-0.3, -0.25) is 9.69 Å². The van der Waals surface area contributed by atoms with Gasteiger partial charge in [-0.1, -0.05) is 31.0 Å². The Morgan fingerprint density at radius 1 is 1.20 bits per heavy atom. The second kappa shape index (κ2) is 7.44. The van der Waals surface area contributed by atoms with Crippen LogP contribution in [0.5, 0.6) is 5.75 Å². The second-order valence-corrected chi connectivity index (χ2v) is 7.04. The summed E-state index contributed by atoms with van der Waals surface area (Å²) in [6, 6.07) is 7.76. The largest absolute Gasteiger partial charge is 0.496 e. The number of nitrogens with one attached hydrogen (secondary N) is 1. The monoisotopic (exact) mass is 345 g/mol. The molecule has 1 aromatic rings. The van der Waals surface area contributed by atoms with Crippen LogP contribution < -0.4 is 10.1 Å². The molecule has 0 radical (unpaired) electrons. The zero-order valence-electron chi connectivity index (χ0n) is 15.1. The van der Waals surface area contributed by atoms with E-state index in [0.29, 0.717) is 13.1 Å². The number of likely N-dealkylation sites (N-methyl/N-ethyl adjacent to an activating group) is 1. The summed E-state index contributed by atoms with van der Waals surface area (Å²) in [4.78, 5) is 28.3. The van der Waals surface area contributed by atoms with Crippen LogP contribution in [0.15, 0.2) is 24.3 Å². The number of carbonyl (C=O) groups is 2. The normalized spacial score (nSPS) is 19.1. The molecular weight excluding hydrogens is 318 g/mol. The van der Waals surface area contributed by atoms with Gasteiger partial charge in [0.15, 0.2) is 0 Å². The number of para-hydroxylation sites is 1. The van der Waals surface area contributed by atoms with Crippen LogP contribution in [-0.2, 0) is 11.2 Å². The van der Waals surface area contributed by atoms with Gasteiger partial charge >= 0.3 is 6.03 Å². The molecule has 1 spiro atoms. The topological polar surface area (TPSA) is 61.9 Å². The number of amides is 3. The number of carbonyl (C=O) groups excluding carboxylic acids is 2. The van der Waals surface area contributed by atoms with Crippen LogP contribution in [0.4, 0.5) is 4.79 Å². The molecule has 3 rings (SSSR count). The lowest BCUT2D eigenvalue weighted by atomic mass is 9.98. The van der Waals surface area contributed by atoms with Crippen molar-refractivity contribution in [2.45, 2.75) is 37.6 Å². The summed E-state index contributed by atoms with van der Waals surface area (Å²) in [7, 11) is 3.69. The minimum absolute atomic E-state index is 0.0341. The van der Waals surface area contributed by atoms with E-state index < -0.39 is 5.54 Å². The third kappa shape index (κ3) is 3.63. The Morgan fingerprint density at radius 3 is 2.64 bits per heavy atom. The van der Waals surface area contributed by atoms with E-state index in [1.807, 2.05) is 25.2 Å². The predicted molar refractivity (Wildman–Crippen MR) is 95.6 cm³/mol. The first-order chi connectivity index (χ1) is 12.1. The molecule has 0 bridgehead atoms. The van der Waals surface area contributed by atoms with Gasteiger partial charge in [-0.15, -0.1) is 0 Å². The second-order valence-electron chi connectivity index (χ2n) is 7.04. The summed E-state index contributed by atoms with van der Waals surface area (Å²) in [6.07, 6.45) is 4.44. The lowest BCUT2D eigenvalue weighted by Crippen LogP contribution is -2.44. The highest BCUT2D eigenvalue weighted by atomic mass is 16.5. The molecule has 2 fully saturated rings. The molecule has 1 aliphatic carbocycles. The molecule has 0 atom stereocenters. The van der Waals surface area contributed by atoms with Crippen molar-refractivity contribution in [2.75, 3.05) is 33.8 Å². The van der Waals surface area contributed by atoms with Gasteiger partial charge in [0.25, 0.3) is 5.91 Å². The molecular formula is C19H27N3O3. The standard InChI is InChI=1S/C19H27N3O3/c1-21(12-9-15-7-3-4-8-16(15)25-2)13-14-22-17(23)19(20-18(22)24)10-5-6-11-19/h3-4,7-8H,5-6,9-14H2,1-2H3,(H,20,24). The van der Waals surface area contributed by atoms with Crippen LogP contribution in [0.2, 0.25) is 0 Å². The van der Waals surface area contributed by atoms with Crippen LogP contribution in [0.3, 0.4) is 0 Å². The molecule has 1 N–H and O–H groups in total. The van der Waals surface area contributed by atoms with Crippen LogP contribution in [0.1, 0.15) is 31.2 Å². The number of methoxy groups -OCH3 is 1.